The Morgan fingerprint density at radius 1 is 0.853 bits per heavy atom. The first-order chi connectivity index (χ1) is 16.6. The van der Waals surface area contributed by atoms with Gasteiger partial charge in [-0.15, -0.1) is 0 Å². The van der Waals surface area contributed by atoms with Gasteiger partial charge in [0, 0.05) is 46.8 Å². The van der Waals surface area contributed by atoms with E-state index < -0.39 is 5.97 Å². The van der Waals surface area contributed by atoms with Gasteiger partial charge in [0.1, 0.15) is 6.61 Å². The van der Waals surface area contributed by atoms with Crippen LogP contribution in [0.5, 0.6) is 0 Å². The Morgan fingerprint density at radius 2 is 1.59 bits per heavy atom. The summed E-state index contributed by atoms with van der Waals surface area (Å²) in [5.41, 5.74) is 2.99. The molecule has 0 spiro atoms. The number of hydrogen-bond acceptors (Lipinski definition) is 5. The molecule has 0 radical (unpaired) electrons. The maximum atomic E-state index is 13.2. The molecule has 1 saturated heterocycles. The molecule has 5 rings (SSSR count). The fourth-order valence-corrected chi connectivity index (χ4v) is 4.76. The lowest BCUT2D eigenvalue weighted by molar-refractivity contribution is -0.137. The van der Waals surface area contributed by atoms with Gasteiger partial charge in [-0.05, 0) is 49.1 Å². The van der Waals surface area contributed by atoms with Crippen molar-refractivity contribution in [3.8, 4) is 0 Å². The van der Waals surface area contributed by atoms with E-state index in [1.165, 1.54) is 17.4 Å². The van der Waals surface area contributed by atoms with Crippen molar-refractivity contribution in [3.05, 3.63) is 83.4 Å². The molecule has 172 valence electrons. The third kappa shape index (κ3) is 4.19. The minimum atomic E-state index is -0.519. The van der Waals surface area contributed by atoms with Crippen molar-refractivity contribution in [1.82, 2.24) is 4.90 Å². The van der Waals surface area contributed by atoms with Gasteiger partial charge in [0.2, 0.25) is 0 Å². The fourth-order valence-electron chi connectivity index (χ4n) is 4.76. The van der Waals surface area contributed by atoms with Crippen LogP contribution in [0.3, 0.4) is 0 Å². The normalized spacial score (nSPS) is 15.9. The zero-order valence-corrected chi connectivity index (χ0v) is 18.9. The zero-order valence-electron chi connectivity index (χ0n) is 18.9. The first-order valence-corrected chi connectivity index (χ1v) is 11.7. The predicted molar refractivity (Wildman–Crippen MR) is 132 cm³/mol. The second kappa shape index (κ2) is 9.51. The Hall–Kier alpha value is -3.93. The third-order valence-electron chi connectivity index (χ3n) is 6.44. The number of hydrogen-bond donors (Lipinski definition) is 0. The van der Waals surface area contributed by atoms with Crippen LogP contribution in [0.1, 0.15) is 45.5 Å². The molecule has 0 atom stereocenters. The fraction of sp³-hybridized carbons (Fsp3) is 0.250. The van der Waals surface area contributed by atoms with Crippen LogP contribution in [0.4, 0.5) is 5.69 Å². The Morgan fingerprint density at radius 3 is 2.35 bits per heavy atom. The highest BCUT2D eigenvalue weighted by molar-refractivity contribution is 6.26. The summed E-state index contributed by atoms with van der Waals surface area (Å²) in [6, 6.07) is 18.9. The molecule has 0 aliphatic carbocycles. The Labute approximate surface area is 198 Å². The Kier molecular flexibility index (Phi) is 6.12. The summed E-state index contributed by atoms with van der Waals surface area (Å²) in [7, 11) is 0. The van der Waals surface area contributed by atoms with Crippen LogP contribution in [-0.2, 0) is 9.53 Å². The lowest BCUT2D eigenvalue weighted by Gasteiger charge is -2.32. The van der Waals surface area contributed by atoms with Crippen molar-refractivity contribution in [1.29, 1.82) is 0 Å². The van der Waals surface area contributed by atoms with E-state index in [1.807, 2.05) is 54.6 Å². The summed E-state index contributed by atoms with van der Waals surface area (Å²) in [6.45, 7) is 1.91. The second-order valence-electron chi connectivity index (χ2n) is 8.58. The summed E-state index contributed by atoms with van der Waals surface area (Å²) in [5, 5.41) is 1.66. The summed E-state index contributed by atoms with van der Waals surface area (Å²) in [6.07, 6.45) is 6.53. The van der Waals surface area contributed by atoms with Crippen LogP contribution in [0, 0.1) is 0 Å². The molecule has 6 heteroatoms. The quantitative estimate of drug-likeness (QED) is 0.307. The number of carbonyl (C=O) groups is 3. The first kappa shape index (κ1) is 21.9. The minimum Gasteiger partial charge on any atom is -0.461 e. The molecule has 34 heavy (non-hydrogen) atoms. The molecule has 2 aliphatic heterocycles. The summed E-state index contributed by atoms with van der Waals surface area (Å²) in [4.78, 5) is 42.0. The molecule has 0 aromatic heterocycles. The van der Waals surface area contributed by atoms with Gasteiger partial charge in [0.25, 0.3) is 11.8 Å². The van der Waals surface area contributed by atoms with Gasteiger partial charge < -0.3 is 9.64 Å². The van der Waals surface area contributed by atoms with E-state index in [0.29, 0.717) is 11.1 Å². The average Bonchev–Trinajstić information content (AvgIpc) is 2.88. The van der Waals surface area contributed by atoms with E-state index in [0.717, 1.165) is 48.0 Å². The SMILES string of the molecule is O=C(/C=C/c1ccccc1)OCCN1C(=O)c2cccc3c(N4CCCCC4)ccc(c23)C1=O. The number of benzene rings is 3. The highest BCUT2D eigenvalue weighted by atomic mass is 16.5. The predicted octanol–water partition coefficient (Wildman–Crippen LogP) is 4.68. The molecule has 6 nitrogen and oxygen atoms in total. The number of amides is 2. The molecule has 2 aliphatic rings. The zero-order chi connectivity index (χ0) is 23.5. The average molecular weight is 455 g/mol. The van der Waals surface area contributed by atoms with E-state index in [9.17, 15) is 14.4 Å². The number of anilines is 1. The van der Waals surface area contributed by atoms with E-state index >= 15 is 0 Å². The van der Waals surface area contributed by atoms with Crippen LogP contribution in [0.25, 0.3) is 16.8 Å². The number of ether oxygens (including phenoxy) is 1. The van der Waals surface area contributed by atoms with Crippen molar-refractivity contribution in [2.24, 2.45) is 0 Å². The maximum Gasteiger partial charge on any atom is 0.330 e. The molecule has 1 fully saturated rings. The smallest absolute Gasteiger partial charge is 0.330 e. The summed E-state index contributed by atoms with van der Waals surface area (Å²) in [5.74, 6) is -1.22. The van der Waals surface area contributed by atoms with E-state index in [1.54, 1.807) is 12.1 Å². The number of rotatable bonds is 6. The number of nitrogens with zero attached hydrogens (tertiary/aromatic N) is 2. The lowest BCUT2D eigenvalue weighted by atomic mass is 9.92. The van der Waals surface area contributed by atoms with Crippen molar-refractivity contribution >= 4 is 40.3 Å². The first-order valence-electron chi connectivity index (χ1n) is 11.7. The molecule has 0 N–H and O–H groups in total. The molecule has 2 heterocycles. The van der Waals surface area contributed by atoms with E-state index in [4.69, 9.17) is 4.74 Å². The Balaban J connectivity index is 1.32. The molecule has 0 saturated carbocycles. The number of carbonyl (C=O) groups excluding carboxylic acids is 3. The van der Waals surface area contributed by atoms with Crippen LogP contribution < -0.4 is 4.90 Å². The van der Waals surface area contributed by atoms with Crippen molar-refractivity contribution < 1.29 is 19.1 Å². The number of esters is 1. The second-order valence-corrected chi connectivity index (χ2v) is 8.58. The van der Waals surface area contributed by atoms with Crippen LogP contribution in [0.15, 0.2) is 66.7 Å². The monoisotopic (exact) mass is 454 g/mol. The van der Waals surface area contributed by atoms with Gasteiger partial charge in [-0.3, -0.25) is 14.5 Å². The minimum absolute atomic E-state index is 0.00624. The van der Waals surface area contributed by atoms with Gasteiger partial charge >= 0.3 is 5.97 Å². The number of piperidine rings is 1. The largest absolute Gasteiger partial charge is 0.461 e. The van der Waals surface area contributed by atoms with Crippen LogP contribution in [-0.4, -0.2) is 48.9 Å². The molecular formula is C28H26N2O4. The molecule has 3 aromatic rings. The van der Waals surface area contributed by atoms with Crippen molar-refractivity contribution in [2.75, 3.05) is 31.1 Å². The third-order valence-corrected chi connectivity index (χ3v) is 6.44. The van der Waals surface area contributed by atoms with Crippen LogP contribution >= 0.6 is 0 Å². The van der Waals surface area contributed by atoms with Gasteiger partial charge in [0.05, 0.1) is 6.54 Å². The highest BCUT2D eigenvalue weighted by Gasteiger charge is 2.33. The molecule has 0 unspecified atom stereocenters. The standard InChI is InChI=1S/C28H26N2O4/c31-25(15-12-20-8-3-1-4-9-20)34-19-18-30-27(32)22-11-7-10-21-24(29-16-5-2-6-17-29)14-13-23(26(21)22)28(30)33/h1,3-4,7-15H,2,5-6,16-19H2/b15-12+. The molecular weight excluding hydrogens is 428 g/mol. The highest BCUT2D eigenvalue weighted by Crippen LogP contribution is 2.36. The molecule has 0 bridgehead atoms. The van der Waals surface area contributed by atoms with E-state index in [2.05, 4.69) is 4.90 Å². The van der Waals surface area contributed by atoms with Gasteiger partial charge in [-0.2, -0.15) is 0 Å². The Bertz CT molecular complexity index is 1250. The van der Waals surface area contributed by atoms with E-state index in [-0.39, 0.29) is 25.0 Å². The van der Waals surface area contributed by atoms with Crippen molar-refractivity contribution in [3.63, 3.8) is 0 Å². The molecule has 2 amide bonds. The van der Waals surface area contributed by atoms with Crippen molar-refractivity contribution in [2.45, 2.75) is 19.3 Å². The summed E-state index contributed by atoms with van der Waals surface area (Å²) >= 11 is 0. The van der Waals surface area contributed by atoms with Crippen LogP contribution in [0.2, 0.25) is 0 Å². The van der Waals surface area contributed by atoms with Gasteiger partial charge in [-0.25, -0.2) is 4.79 Å². The molecule has 3 aromatic carbocycles. The van der Waals surface area contributed by atoms with Gasteiger partial charge in [-0.1, -0.05) is 42.5 Å². The maximum absolute atomic E-state index is 13.2. The topological polar surface area (TPSA) is 66.9 Å². The van der Waals surface area contributed by atoms with Gasteiger partial charge in [0.15, 0.2) is 0 Å². The summed E-state index contributed by atoms with van der Waals surface area (Å²) < 4.78 is 5.24. The lowest BCUT2D eigenvalue weighted by Crippen LogP contribution is -2.42. The number of imide groups is 1.